The van der Waals surface area contributed by atoms with Gasteiger partial charge in [0.05, 0.1) is 12.8 Å². The lowest BCUT2D eigenvalue weighted by Crippen LogP contribution is -2.21. The van der Waals surface area contributed by atoms with E-state index < -0.39 is 5.82 Å². The van der Waals surface area contributed by atoms with Crippen LogP contribution in [0.5, 0.6) is 5.75 Å². The Balaban J connectivity index is 2.57. The number of methoxy groups -OCH3 is 1. The van der Waals surface area contributed by atoms with Crippen LogP contribution in [0.4, 0.5) is 10.1 Å². The van der Waals surface area contributed by atoms with Crippen molar-refractivity contribution in [1.29, 1.82) is 0 Å². The van der Waals surface area contributed by atoms with Crippen LogP contribution in [0, 0.1) is 5.82 Å². The van der Waals surface area contributed by atoms with Gasteiger partial charge in [-0.1, -0.05) is 6.92 Å². The minimum atomic E-state index is -0.470. The molecular formula is C12H17FN2O2. The van der Waals surface area contributed by atoms with E-state index in [2.05, 4.69) is 10.6 Å². The highest BCUT2D eigenvalue weighted by atomic mass is 19.1. The van der Waals surface area contributed by atoms with E-state index in [1.54, 1.807) is 0 Å². The Hall–Kier alpha value is -1.62. The highest BCUT2D eigenvalue weighted by molar-refractivity contribution is 5.91. The average molecular weight is 240 g/mol. The number of nitrogens with one attached hydrogen (secondary N) is 2. The van der Waals surface area contributed by atoms with Gasteiger partial charge in [0.25, 0.3) is 0 Å². The Morgan fingerprint density at radius 2 is 2.24 bits per heavy atom. The first kappa shape index (κ1) is 13.4. The van der Waals surface area contributed by atoms with Gasteiger partial charge in [0.1, 0.15) is 11.6 Å². The number of carbonyl (C=O) groups excluding carboxylic acids is 1. The van der Waals surface area contributed by atoms with Gasteiger partial charge in [0.2, 0.25) is 5.91 Å². The Morgan fingerprint density at radius 1 is 1.47 bits per heavy atom. The SMILES string of the molecule is CCNCCC(=O)Nc1cc(OC)ccc1F. The number of benzene rings is 1. The fraction of sp³-hybridized carbons (Fsp3) is 0.417. The Labute approximate surface area is 100 Å². The van der Waals surface area contributed by atoms with Gasteiger partial charge in [-0.2, -0.15) is 0 Å². The highest BCUT2D eigenvalue weighted by Gasteiger charge is 2.07. The zero-order valence-corrected chi connectivity index (χ0v) is 10.0. The fourth-order valence-electron chi connectivity index (χ4n) is 1.32. The van der Waals surface area contributed by atoms with Crippen molar-refractivity contribution in [2.75, 3.05) is 25.5 Å². The number of amides is 1. The van der Waals surface area contributed by atoms with Gasteiger partial charge in [0.15, 0.2) is 0 Å². The molecule has 0 atom stereocenters. The molecule has 0 spiro atoms. The summed E-state index contributed by atoms with van der Waals surface area (Å²) in [6.45, 7) is 3.34. The van der Waals surface area contributed by atoms with Crippen molar-refractivity contribution in [2.45, 2.75) is 13.3 Å². The third-order valence-corrected chi connectivity index (χ3v) is 2.23. The summed E-state index contributed by atoms with van der Waals surface area (Å²) in [5.41, 5.74) is 0.144. The van der Waals surface area contributed by atoms with E-state index in [1.807, 2.05) is 6.92 Å². The summed E-state index contributed by atoms with van der Waals surface area (Å²) >= 11 is 0. The predicted molar refractivity (Wildman–Crippen MR) is 64.7 cm³/mol. The highest BCUT2D eigenvalue weighted by Crippen LogP contribution is 2.20. The van der Waals surface area contributed by atoms with Gasteiger partial charge in [-0.25, -0.2) is 4.39 Å². The molecule has 0 aliphatic rings. The molecule has 94 valence electrons. The molecule has 2 N–H and O–H groups in total. The Bertz CT molecular complexity index is 383. The molecule has 0 bridgehead atoms. The van der Waals surface area contributed by atoms with E-state index in [9.17, 15) is 9.18 Å². The minimum Gasteiger partial charge on any atom is -0.497 e. The van der Waals surface area contributed by atoms with E-state index in [1.165, 1.54) is 25.3 Å². The molecule has 0 fully saturated rings. The molecule has 4 nitrogen and oxygen atoms in total. The van der Waals surface area contributed by atoms with Crippen molar-refractivity contribution < 1.29 is 13.9 Å². The molecular weight excluding hydrogens is 223 g/mol. The summed E-state index contributed by atoms with van der Waals surface area (Å²) < 4.78 is 18.3. The largest absolute Gasteiger partial charge is 0.497 e. The van der Waals surface area contributed by atoms with E-state index in [0.717, 1.165) is 6.54 Å². The van der Waals surface area contributed by atoms with Crippen LogP contribution in [0.3, 0.4) is 0 Å². The van der Waals surface area contributed by atoms with Gasteiger partial charge >= 0.3 is 0 Å². The molecule has 0 aliphatic carbocycles. The number of hydrogen-bond donors (Lipinski definition) is 2. The maximum Gasteiger partial charge on any atom is 0.225 e. The van der Waals surface area contributed by atoms with Crippen molar-refractivity contribution in [3.05, 3.63) is 24.0 Å². The van der Waals surface area contributed by atoms with E-state index >= 15 is 0 Å². The van der Waals surface area contributed by atoms with Crippen LogP contribution in [0.1, 0.15) is 13.3 Å². The summed E-state index contributed by atoms with van der Waals surface area (Å²) in [4.78, 5) is 11.5. The number of rotatable bonds is 6. The summed E-state index contributed by atoms with van der Waals surface area (Å²) in [5.74, 6) is -0.186. The Kier molecular flexibility index (Phi) is 5.42. The molecule has 0 heterocycles. The molecule has 0 saturated carbocycles. The molecule has 0 aliphatic heterocycles. The molecule has 0 aromatic heterocycles. The zero-order chi connectivity index (χ0) is 12.7. The summed E-state index contributed by atoms with van der Waals surface area (Å²) in [7, 11) is 1.49. The van der Waals surface area contributed by atoms with Gasteiger partial charge < -0.3 is 15.4 Å². The minimum absolute atomic E-state index is 0.144. The lowest BCUT2D eigenvalue weighted by Gasteiger charge is -2.08. The first-order valence-corrected chi connectivity index (χ1v) is 5.51. The summed E-state index contributed by atoms with van der Waals surface area (Å²) in [6.07, 6.45) is 0.310. The second-order valence-electron chi connectivity index (χ2n) is 3.50. The molecule has 1 rings (SSSR count). The van der Waals surface area contributed by atoms with Gasteiger partial charge in [0, 0.05) is 19.0 Å². The van der Waals surface area contributed by atoms with Crippen molar-refractivity contribution in [1.82, 2.24) is 5.32 Å². The van der Waals surface area contributed by atoms with E-state index in [4.69, 9.17) is 4.74 Å². The third-order valence-electron chi connectivity index (χ3n) is 2.23. The second kappa shape index (κ2) is 6.85. The zero-order valence-electron chi connectivity index (χ0n) is 10.0. The fourth-order valence-corrected chi connectivity index (χ4v) is 1.32. The Morgan fingerprint density at radius 3 is 2.88 bits per heavy atom. The third kappa shape index (κ3) is 4.40. The van der Waals surface area contributed by atoms with Gasteiger partial charge in [-0.15, -0.1) is 0 Å². The molecule has 0 unspecified atom stereocenters. The van der Waals surface area contributed by atoms with Crippen molar-refractivity contribution in [2.24, 2.45) is 0 Å². The van der Waals surface area contributed by atoms with Gasteiger partial charge in [-0.05, 0) is 18.7 Å². The molecule has 17 heavy (non-hydrogen) atoms. The number of halogens is 1. The lowest BCUT2D eigenvalue weighted by molar-refractivity contribution is -0.116. The van der Waals surface area contributed by atoms with Crippen molar-refractivity contribution in [3.8, 4) is 5.75 Å². The quantitative estimate of drug-likeness (QED) is 0.745. The maximum atomic E-state index is 13.4. The average Bonchev–Trinajstić information content (AvgIpc) is 2.32. The van der Waals surface area contributed by atoms with Crippen LogP contribution in [0.15, 0.2) is 18.2 Å². The smallest absolute Gasteiger partial charge is 0.225 e. The summed E-state index contributed by atoms with van der Waals surface area (Å²) in [6, 6.07) is 4.23. The topological polar surface area (TPSA) is 50.4 Å². The molecule has 1 aromatic rings. The molecule has 0 radical (unpaired) electrons. The molecule has 0 saturated heterocycles. The standard InChI is InChI=1S/C12H17FN2O2/c1-3-14-7-6-12(16)15-11-8-9(17-2)4-5-10(11)13/h4-5,8,14H,3,6-7H2,1-2H3,(H,15,16). The second-order valence-corrected chi connectivity index (χ2v) is 3.50. The van der Waals surface area contributed by atoms with Crippen LogP contribution < -0.4 is 15.4 Å². The number of anilines is 1. The molecule has 5 heteroatoms. The van der Waals surface area contributed by atoms with Crippen LogP contribution in [-0.2, 0) is 4.79 Å². The maximum absolute atomic E-state index is 13.4. The monoisotopic (exact) mass is 240 g/mol. The number of ether oxygens (including phenoxy) is 1. The predicted octanol–water partition coefficient (Wildman–Crippen LogP) is 1.77. The van der Waals surface area contributed by atoms with Crippen LogP contribution in [-0.4, -0.2) is 26.1 Å². The normalized spacial score (nSPS) is 10.1. The van der Waals surface area contributed by atoms with E-state index in [0.29, 0.717) is 18.7 Å². The van der Waals surface area contributed by atoms with Crippen molar-refractivity contribution in [3.63, 3.8) is 0 Å². The van der Waals surface area contributed by atoms with E-state index in [-0.39, 0.29) is 11.6 Å². The molecule has 1 amide bonds. The number of carbonyl (C=O) groups is 1. The summed E-state index contributed by atoms with van der Waals surface area (Å²) in [5, 5.41) is 5.53. The van der Waals surface area contributed by atoms with Crippen LogP contribution >= 0.6 is 0 Å². The first-order valence-electron chi connectivity index (χ1n) is 5.51. The van der Waals surface area contributed by atoms with Crippen molar-refractivity contribution >= 4 is 11.6 Å². The van der Waals surface area contributed by atoms with Gasteiger partial charge in [-0.3, -0.25) is 4.79 Å². The van der Waals surface area contributed by atoms with Crippen LogP contribution in [0.2, 0.25) is 0 Å². The van der Waals surface area contributed by atoms with Crippen LogP contribution in [0.25, 0.3) is 0 Å². The first-order chi connectivity index (χ1) is 8.17. The molecule has 1 aromatic carbocycles. The number of hydrogen-bond acceptors (Lipinski definition) is 3. The lowest BCUT2D eigenvalue weighted by atomic mass is 10.2.